The van der Waals surface area contributed by atoms with Crippen LogP contribution in [0.25, 0.3) is 10.9 Å². The highest BCUT2D eigenvalue weighted by molar-refractivity contribution is 5.83. The summed E-state index contributed by atoms with van der Waals surface area (Å²) in [5.74, 6) is 0. The molecule has 24 heavy (non-hydrogen) atoms. The van der Waals surface area contributed by atoms with Gasteiger partial charge in [0.2, 0.25) is 0 Å². The van der Waals surface area contributed by atoms with Gasteiger partial charge in [-0.2, -0.15) is 5.10 Å². The number of rotatable bonds is 7. The molecule has 128 valence electrons. The summed E-state index contributed by atoms with van der Waals surface area (Å²) >= 11 is 0. The normalized spacial score (nSPS) is 14.4. The van der Waals surface area contributed by atoms with Gasteiger partial charge in [-0.1, -0.05) is 18.2 Å². The monoisotopic (exact) mass is 326 g/mol. The van der Waals surface area contributed by atoms with E-state index >= 15 is 0 Å². The van der Waals surface area contributed by atoms with Gasteiger partial charge in [0.25, 0.3) is 0 Å². The van der Waals surface area contributed by atoms with Crippen LogP contribution in [0.1, 0.15) is 44.0 Å². The zero-order chi connectivity index (χ0) is 17.1. The lowest BCUT2D eigenvalue weighted by Crippen LogP contribution is -2.36. The van der Waals surface area contributed by atoms with Crippen molar-refractivity contribution in [2.75, 3.05) is 6.61 Å². The number of para-hydroxylation sites is 1. The molecule has 2 aromatic heterocycles. The molecule has 3 rings (SSSR count). The molecule has 0 aliphatic heterocycles. The molecule has 0 bridgehead atoms. The quantitative estimate of drug-likeness (QED) is 0.625. The molecule has 2 atom stereocenters. The first-order valence-corrected chi connectivity index (χ1v) is 8.54. The first-order chi connectivity index (χ1) is 11.6. The number of fused-ring (bicyclic) bond motifs is 1. The van der Waals surface area contributed by atoms with E-state index < -0.39 is 0 Å². The van der Waals surface area contributed by atoms with Gasteiger partial charge in [0.15, 0.2) is 0 Å². The molecular formula is C19H26N4O. The molecule has 0 amide bonds. The lowest BCUT2D eigenvalue weighted by molar-refractivity contribution is 0.233. The molecule has 3 N–H and O–H groups in total. The molecule has 0 aliphatic rings. The first-order valence-electron chi connectivity index (χ1n) is 8.54. The van der Waals surface area contributed by atoms with Crippen molar-refractivity contribution >= 4 is 10.9 Å². The predicted molar refractivity (Wildman–Crippen MR) is 97.0 cm³/mol. The van der Waals surface area contributed by atoms with Gasteiger partial charge in [0, 0.05) is 47.0 Å². The van der Waals surface area contributed by atoms with Crippen LogP contribution >= 0.6 is 0 Å². The van der Waals surface area contributed by atoms with E-state index in [1.54, 1.807) is 0 Å². The number of nitrogens with one attached hydrogen (secondary N) is 2. The fourth-order valence-electron chi connectivity index (χ4n) is 3.05. The summed E-state index contributed by atoms with van der Waals surface area (Å²) in [5.41, 5.74) is 3.50. The van der Waals surface area contributed by atoms with Crippen LogP contribution in [0, 0.1) is 0 Å². The minimum atomic E-state index is 0.00149. The number of aromatic amines is 1. The molecule has 0 fully saturated rings. The van der Waals surface area contributed by atoms with E-state index in [4.69, 9.17) is 0 Å². The number of nitrogens with zero attached hydrogens (tertiary/aromatic N) is 2. The number of benzene rings is 1. The van der Waals surface area contributed by atoms with Crippen molar-refractivity contribution in [3.8, 4) is 0 Å². The Balaban J connectivity index is 1.69. The van der Waals surface area contributed by atoms with Gasteiger partial charge in [-0.25, -0.2) is 0 Å². The molecule has 0 saturated carbocycles. The molecule has 0 unspecified atom stereocenters. The summed E-state index contributed by atoms with van der Waals surface area (Å²) in [5, 5.41) is 18.9. The lowest BCUT2D eigenvalue weighted by atomic mass is 10.0. The molecule has 2 heterocycles. The zero-order valence-corrected chi connectivity index (χ0v) is 14.5. The Labute approximate surface area is 142 Å². The third-order valence-corrected chi connectivity index (χ3v) is 4.50. The number of aromatic nitrogens is 3. The van der Waals surface area contributed by atoms with E-state index in [9.17, 15) is 5.11 Å². The topological polar surface area (TPSA) is 65.9 Å². The maximum absolute atomic E-state index is 9.79. The Morgan fingerprint density at radius 2 is 2.04 bits per heavy atom. The largest absolute Gasteiger partial charge is 0.395 e. The maximum atomic E-state index is 9.79. The SMILES string of the molecule is CC(C)n1cc([C@H](C)N[C@H](CO)Cc2c[nH]c3ccccc23)cn1. The summed E-state index contributed by atoms with van der Waals surface area (Å²) in [6.45, 7) is 6.44. The Kier molecular flexibility index (Phi) is 5.02. The predicted octanol–water partition coefficient (Wildman–Crippen LogP) is 3.20. The van der Waals surface area contributed by atoms with E-state index in [0.717, 1.165) is 17.5 Å². The van der Waals surface area contributed by atoms with Gasteiger partial charge >= 0.3 is 0 Å². The minimum absolute atomic E-state index is 0.00149. The average molecular weight is 326 g/mol. The average Bonchev–Trinajstić information content (AvgIpc) is 3.22. The fraction of sp³-hybridized carbons (Fsp3) is 0.421. The van der Waals surface area contributed by atoms with Gasteiger partial charge in [-0.05, 0) is 38.8 Å². The fourth-order valence-corrected chi connectivity index (χ4v) is 3.05. The molecule has 0 radical (unpaired) electrons. The molecule has 1 aromatic carbocycles. The van der Waals surface area contributed by atoms with E-state index in [1.807, 2.05) is 29.2 Å². The Morgan fingerprint density at radius 3 is 2.75 bits per heavy atom. The second-order valence-corrected chi connectivity index (χ2v) is 6.68. The van der Waals surface area contributed by atoms with E-state index in [-0.39, 0.29) is 18.7 Å². The first kappa shape index (κ1) is 16.7. The highest BCUT2D eigenvalue weighted by Gasteiger charge is 2.16. The van der Waals surface area contributed by atoms with Gasteiger partial charge in [-0.3, -0.25) is 4.68 Å². The number of aliphatic hydroxyl groups is 1. The van der Waals surface area contributed by atoms with E-state index in [1.165, 1.54) is 10.9 Å². The Hall–Kier alpha value is -2.11. The van der Waals surface area contributed by atoms with Crippen LogP contribution in [0.4, 0.5) is 0 Å². The molecule has 0 aliphatic carbocycles. The van der Waals surface area contributed by atoms with Crippen LogP contribution in [0.5, 0.6) is 0 Å². The second-order valence-electron chi connectivity index (χ2n) is 6.68. The van der Waals surface area contributed by atoms with Crippen LogP contribution in [0.2, 0.25) is 0 Å². The van der Waals surface area contributed by atoms with Crippen molar-refractivity contribution in [3.63, 3.8) is 0 Å². The van der Waals surface area contributed by atoms with Gasteiger partial charge in [-0.15, -0.1) is 0 Å². The molecule has 0 saturated heterocycles. The summed E-state index contributed by atoms with van der Waals surface area (Å²) in [6.07, 6.45) is 6.79. The van der Waals surface area contributed by atoms with Crippen molar-refractivity contribution in [1.82, 2.24) is 20.1 Å². The zero-order valence-electron chi connectivity index (χ0n) is 14.5. The molecule has 5 heteroatoms. The lowest BCUT2D eigenvalue weighted by Gasteiger charge is -2.21. The molecule has 5 nitrogen and oxygen atoms in total. The van der Waals surface area contributed by atoms with Crippen LogP contribution in [-0.2, 0) is 6.42 Å². The number of hydrogen-bond donors (Lipinski definition) is 3. The summed E-state index contributed by atoms with van der Waals surface area (Å²) < 4.78 is 1.96. The summed E-state index contributed by atoms with van der Waals surface area (Å²) in [4.78, 5) is 3.30. The highest BCUT2D eigenvalue weighted by Crippen LogP contribution is 2.20. The van der Waals surface area contributed by atoms with Crippen LogP contribution in [0.3, 0.4) is 0 Å². The number of hydrogen-bond acceptors (Lipinski definition) is 3. The highest BCUT2D eigenvalue weighted by atomic mass is 16.3. The minimum Gasteiger partial charge on any atom is -0.395 e. The summed E-state index contributed by atoms with van der Waals surface area (Å²) in [6, 6.07) is 8.75. The maximum Gasteiger partial charge on any atom is 0.0588 e. The van der Waals surface area contributed by atoms with Crippen molar-refractivity contribution in [1.29, 1.82) is 0 Å². The van der Waals surface area contributed by atoms with Crippen molar-refractivity contribution in [2.45, 2.75) is 45.3 Å². The second kappa shape index (κ2) is 7.20. The van der Waals surface area contributed by atoms with Crippen molar-refractivity contribution < 1.29 is 5.11 Å². The third-order valence-electron chi connectivity index (χ3n) is 4.50. The standard InChI is InChI=1S/C19H26N4O/c1-13(2)23-11-16(10-21-23)14(3)22-17(12-24)8-15-9-20-19-7-5-4-6-18(15)19/h4-7,9-11,13-14,17,20,22,24H,8,12H2,1-3H3/t14-,17-/m0/s1. The Bertz CT molecular complexity index is 789. The van der Waals surface area contributed by atoms with E-state index in [0.29, 0.717) is 6.04 Å². The van der Waals surface area contributed by atoms with Crippen molar-refractivity contribution in [2.24, 2.45) is 0 Å². The summed E-state index contributed by atoms with van der Waals surface area (Å²) in [7, 11) is 0. The van der Waals surface area contributed by atoms with Crippen LogP contribution in [-0.4, -0.2) is 32.5 Å². The molecular weight excluding hydrogens is 300 g/mol. The number of H-pyrrole nitrogens is 1. The number of aliphatic hydroxyl groups excluding tert-OH is 1. The van der Waals surface area contributed by atoms with Gasteiger partial charge in [0.05, 0.1) is 12.8 Å². The van der Waals surface area contributed by atoms with Crippen LogP contribution in [0.15, 0.2) is 42.9 Å². The Morgan fingerprint density at radius 1 is 1.25 bits per heavy atom. The van der Waals surface area contributed by atoms with Crippen molar-refractivity contribution in [3.05, 3.63) is 54.0 Å². The molecule has 3 aromatic rings. The third kappa shape index (κ3) is 3.52. The van der Waals surface area contributed by atoms with Gasteiger partial charge < -0.3 is 15.4 Å². The van der Waals surface area contributed by atoms with Crippen LogP contribution < -0.4 is 5.32 Å². The molecule has 0 spiro atoms. The van der Waals surface area contributed by atoms with E-state index in [2.05, 4.69) is 54.5 Å². The van der Waals surface area contributed by atoms with Gasteiger partial charge in [0.1, 0.15) is 0 Å². The smallest absolute Gasteiger partial charge is 0.0588 e.